The van der Waals surface area contributed by atoms with E-state index in [1.165, 1.54) is 0 Å². The van der Waals surface area contributed by atoms with E-state index in [0.717, 1.165) is 44.2 Å². The normalized spacial score (nSPS) is 18.8. The van der Waals surface area contributed by atoms with Crippen LogP contribution in [-0.2, 0) is 17.8 Å². The zero-order chi connectivity index (χ0) is 16.2. The number of rotatable bonds is 5. The number of hydrogen-bond acceptors (Lipinski definition) is 4. The molecule has 1 aromatic carbocycles. The van der Waals surface area contributed by atoms with Gasteiger partial charge in [0.1, 0.15) is 0 Å². The van der Waals surface area contributed by atoms with E-state index in [1.807, 2.05) is 46.0 Å². The van der Waals surface area contributed by atoms with Crippen molar-refractivity contribution in [2.45, 2.75) is 19.2 Å². The zero-order valence-electron chi connectivity index (χ0n) is 13.5. The predicted octanol–water partition coefficient (Wildman–Crippen LogP) is 1.97. The molecule has 24 heavy (non-hydrogen) atoms. The standard InChI is InChI=1S/C18H21N5O/c1-2-5-17(6-3-1)23-10-7-16(20-23)13-21-11-12-24-18(14-21)15-22-9-4-8-19-22/h1-10,18H,11-15H2/t18-/m0/s1. The molecule has 0 saturated carbocycles. The number of nitrogens with zero attached hydrogens (tertiary/aromatic N) is 5. The van der Waals surface area contributed by atoms with E-state index in [9.17, 15) is 0 Å². The first-order valence-corrected chi connectivity index (χ1v) is 8.28. The van der Waals surface area contributed by atoms with Crippen LogP contribution in [-0.4, -0.2) is 50.3 Å². The van der Waals surface area contributed by atoms with Crippen molar-refractivity contribution in [3.8, 4) is 5.69 Å². The van der Waals surface area contributed by atoms with Gasteiger partial charge in [0.15, 0.2) is 0 Å². The molecular formula is C18H21N5O. The summed E-state index contributed by atoms with van der Waals surface area (Å²) in [5.41, 5.74) is 2.17. The Morgan fingerprint density at radius 1 is 1.08 bits per heavy atom. The van der Waals surface area contributed by atoms with Crippen molar-refractivity contribution in [3.63, 3.8) is 0 Å². The van der Waals surface area contributed by atoms with Gasteiger partial charge in [-0.05, 0) is 24.3 Å². The van der Waals surface area contributed by atoms with E-state index in [4.69, 9.17) is 9.84 Å². The molecule has 0 aliphatic carbocycles. The lowest BCUT2D eigenvalue weighted by atomic mass is 10.2. The maximum Gasteiger partial charge on any atom is 0.0898 e. The summed E-state index contributed by atoms with van der Waals surface area (Å²) in [4.78, 5) is 2.40. The van der Waals surface area contributed by atoms with Crippen LogP contribution >= 0.6 is 0 Å². The molecule has 3 aromatic rings. The van der Waals surface area contributed by atoms with Gasteiger partial charge in [-0.15, -0.1) is 0 Å². The Labute approximate surface area is 141 Å². The maximum absolute atomic E-state index is 5.87. The Morgan fingerprint density at radius 3 is 2.83 bits per heavy atom. The summed E-state index contributed by atoms with van der Waals surface area (Å²) >= 11 is 0. The minimum atomic E-state index is 0.176. The molecule has 6 nitrogen and oxygen atoms in total. The number of morpholine rings is 1. The molecule has 0 unspecified atom stereocenters. The molecule has 0 N–H and O–H groups in total. The second-order valence-electron chi connectivity index (χ2n) is 6.04. The summed E-state index contributed by atoms with van der Waals surface area (Å²) in [5.74, 6) is 0. The molecule has 124 valence electrons. The van der Waals surface area contributed by atoms with Crippen LogP contribution in [0, 0.1) is 0 Å². The van der Waals surface area contributed by atoms with Gasteiger partial charge in [0, 0.05) is 38.2 Å². The SMILES string of the molecule is c1ccc(-n2ccc(CN3CCO[C@H](Cn4cccn4)C3)n2)cc1. The van der Waals surface area contributed by atoms with E-state index < -0.39 is 0 Å². The molecule has 2 aromatic heterocycles. The smallest absolute Gasteiger partial charge is 0.0898 e. The van der Waals surface area contributed by atoms with Crippen molar-refractivity contribution >= 4 is 0 Å². The summed E-state index contributed by atoms with van der Waals surface area (Å²) in [7, 11) is 0. The van der Waals surface area contributed by atoms with Gasteiger partial charge in [-0.1, -0.05) is 18.2 Å². The van der Waals surface area contributed by atoms with Crippen LogP contribution in [0.4, 0.5) is 0 Å². The van der Waals surface area contributed by atoms with Crippen LogP contribution in [0.5, 0.6) is 0 Å². The van der Waals surface area contributed by atoms with Crippen LogP contribution in [0.2, 0.25) is 0 Å². The third-order valence-corrected chi connectivity index (χ3v) is 4.22. The Hall–Kier alpha value is -2.44. The molecule has 1 atom stereocenters. The van der Waals surface area contributed by atoms with E-state index in [-0.39, 0.29) is 6.10 Å². The lowest BCUT2D eigenvalue weighted by molar-refractivity contribution is -0.0405. The number of hydrogen-bond donors (Lipinski definition) is 0. The third kappa shape index (κ3) is 3.55. The highest BCUT2D eigenvalue weighted by Gasteiger charge is 2.21. The first-order valence-electron chi connectivity index (χ1n) is 8.28. The van der Waals surface area contributed by atoms with Crippen LogP contribution in [0.15, 0.2) is 61.1 Å². The van der Waals surface area contributed by atoms with Gasteiger partial charge < -0.3 is 4.74 Å². The van der Waals surface area contributed by atoms with E-state index in [1.54, 1.807) is 6.20 Å². The highest BCUT2D eigenvalue weighted by molar-refractivity contribution is 5.30. The fourth-order valence-electron chi connectivity index (χ4n) is 3.05. The largest absolute Gasteiger partial charge is 0.374 e. The lowest BCUT2D eigenvalue weighted by Crippen LogP contribution is -2.43. The lowest BCUT2D eigenvalue weighted by Gasteiger charge is -2.32. The fourth-order valence-corrected chi connectivity index (χ4v) is 3.05. The number of ether oxygens (including phenoxy) is 1. The molecule has 0 spiro atoms. The Balaban J connectivity index is 1.37. The van der Waals surface area contributed by atoms with Gasteiger partial charge in [-0.2, -0.15) is 10.2 Å². The molecule has 1 fully saturated rings. The Bertz CT molecular complexity index is 753. The summed E-state index contributed by atoms with van der Waals surface area (Å²) < 4.78 is 9.72. The van der Waals surface area contributed by atoms with Gasteiger partial charge >= 0.3 is 0 Å². The van der Waals surface area contributed by atoms with Crippen molar-refractivity contribution < 1.29 is 4.74 Å². The Morgan fingerprint density at radius 2 is 2.00 bits per heavy atom. The topological polar surface area (TPSA) is 48.1 Å². The molecule has 3 heterocycles. The highest BCUT2D eigenvalue weighted by atomic mass is 16.5. The first kappa shape index (κ1) is 15.1. The Kier molecular flexibility index (Phi) is 4.40. The van der Waals surface area contributed by atoms with Crippen LogP contribution in [0.25, 0.3) is 5.69 Å². The molecular weight excluding hydrogens is 302 g/mol. The van der Waals surface area contributed by atoms with Gasteiger partial charge in [0.05, 0.1) is 30.6 Å². The third-order valence-electron chi connectivity index (χ3n) is 4.22. The predicted molar refractivity (Wildman–Crippen MR) is 90.8 cm³/mol. The molecule has 0 amide bonds. The van der Waals surface area contributed by atoms with Crippen LogP contribution in [0.3, 0.4) is 0 Å². The molecule has 1 aliphatic heterocycles. The number of benzene rings is 1. The van der Waals surface area contributed by atoms with Gasteiger partial charge in [-0.3, -0.25) is 9.58 Å². The molecule has 1 aliphatic rings. The zero-order valence-corrected chi connectivity index (χ0v) is 13.5. The van der Waals surface area contributed by atoms with Crippen molar-refractivity contribution in [2.75, 3.05) is 19.7 Å². The minimum absolute atomic E-state index is 0.176. The summed E-state index contributed by atoms with van der Waals surface area (Å²) in [6.07, 6.45) is 5.97. The first-order chi connectivity index (χ1) is 11.9. The van der Waals surface area contributed by atoms with Gasteiger partial charge in [-0.25, -0.2) is 4.68 Å². The van der Waals surface area contributed by atoms with Gasteiger partial charge in [0.25, 0.3) is 0 Å². The quantitative estimate of drug-likeness (QED) is 0.720. The van der Waals surface area contributed by atoms with Crippen LogP contribution in [0.1, 0.15) is 5.69 Å². The average molecular weight is 323 g/mol. The molecule has 1 saturated heterocycles. The molecule has 4 rings (SSSR count). The van der Waals surface area contributed by atoms with Crippen LogP contribution < -0.4 is 0 Å². The summed E-state index contributed by atoms with van der Waals surface area (Å²) in [5, 5.41) is 8.95. The monoisotopic (exact) mass is 323 g/mol. The highest BCUT2D eigenvalue weighted by Crippen LogP contribution is 2.12. The van der Waals surface area contributed by atoms with E-state index >= 15 is 0 Å². The second kappa shape index (κ2) is 6.98. The number of aromatic nitrogens is 4. The molecule has 0 bridgehead atoms. The fraction of sp³-hybridized carbons (Fsp3) is 0.333. The molecule has 0 radical (unpaired) electrons. The maximum atomic E-state index is 5.87. The van der Waals surface area contributed by atoms with Crippen molar-refractivity contribution in [1.82, 2.24) is 24.5 Å². The van der Waals surface area contributed by atoms with Gasteiger partial charge in [0.2, 0.25) is 0 Å². The van der Waals surface area contributed by atoms with Crippen molar-refractivity contribution in [1.29, 1.82) is 0 Å². The minimum Gasteiger partial charge on any atom is -0.374 e. The summed E-state index contributed by atoms with van der Waals surface area (Å²) in [6.45, 7) is 4.23. The summed E-state index contributed by atoms with van der Waals surface area (Å²) in [6, 6.07) is 14.2. The average Bonchev–Trinajstić information content (AvgIpc) is 3.28. The second-order valence-corrected chi connectivity index (χ2v) is 6.04. The van der Waals surface area contributed by atoms with Crippen molar-refractivity contribution in [3.05, 3.63) is 66.7 Å². The van der Waals surface area contributed by atoms with E-state index in [2.05, 4.69) is 28.2 Å². The molecule has 6 heteroatoms. The number of para-hydroxylation sites is 1. The van der Waals surface area contributed by atoms with E-state index in [0.29, 0.717) is 0 Å². The van der Waals surface area contributed by atoms with Crippen molar-refractivity contribution in [2.24, 2.45) is 0 Å².